The molecule has 12 heavy (non-hydrogen) atoms. The maximum Gasteiger partial charge on any atom is 0.260 e. The van der Waals surface area contributed by atoms with Crippen LogP contribution in [-0.2, 0) is 9.59 Å². The molecule has 0 aromatic carbocycles. The first-order valence-corrected chi connectivity index (χ1v) is 2.76. The van der Waals surface area contributed by atoms with Gasteiger partial charge in [0.05, 0.1) is 0 Å². The fourth-order valence-electron chi connectivity index (χ4n) is 0.637. The number of hydrogen-bond acceptors (Lipinski definition) is 6. The van der Waals surface area contributed by atoms with Gasteiger partial charge in [0.25, 0.3) is 5.78 Å². The fourth-order valence-corrected chi connectivity index (χ4v) is 0.637. The van der Waals surface area contributed by atoms with Crippen LogP contribution in [-0.4, -0.2) is 21.8 Å². The lowest BCUT2D eigenvalue weighted by molar-refractivity contribution is -0.322. The van der Waals surface area contributed by atoms with Crippen molar-refractivity contribution in [2.24, 2.45) is 0 Å². The molecule has 0 saturated heterocycles. The molecular weight excluding hydrogens is 168 g/mol. The molecule has 1 aliphatic rings. The smallest absolute Gasteiger partial charge is 0.260 e. The van der Waals surface area contributed by atoms with E-state index < -0.39 is 34.6 Å². The number of ketones is 2. The molecule has 6 heteroatoms. The summed E-state index contributed by atoms with van der Waals surface area (Å²) in [5.74, 6) is -9.12. The van der Waals surface area contributed by atoms with E-state index in [0.29, 0.717) is 0 Å². The predicted octanol–water partition coefficient (Wildman–Crippen LogP) is -2.60. The molecule has 0 heterocycles. The van der Waals surface area contributed by atoms with Gasteiger partial charge in [-0.25, -0.2) is 0 Å². The van der Waals surface area contributed by atoms with Gasteiger partial charge in [-0.15, -0.1) is 0 Å². The molecule has 6 nitrogen and oxygen atoms in total. The third-order valence-corrected chi connectivity index (χ3v) is 1.27. The van der Waals surface area contributed by atoms with Gasteiger partial charge in [-0.05, 0) is 11.5 Å². The Balaban J connectivity index is 3.32. The number of hydrogen-bond donors (Lipinski definition) is 2. The zero-order valence-electron chi connectivity index (χ0n) is 5.53. The SMILES string of the molecule is O=C1C([O-])=C(O)C(=O)C(O)=C1[O-]. The molecule has 0 aliphatic heterocycles. The van der Waals surface area contributed by atoms with E-state index >= 15 is 0 Å². The Hall–Kier alpha value is -1.98. The Bertz CT molecular complexity index is 272. The van der Waals surface area contributed by atoms with Crippen molar-refractivity contribution < 1.29 is 30.0 Å². The van der Waals surface area contributed by atoms with Crippen molar-refractivity contribution in [1.29, 1.82) is 0 Å². The van der Waals surface area contributed by atoms with Crippen LogP contribution >= 0.6 is 0 Å². The summed E-state index contributed by atoms with van der Waals surface area (Å²) in [4.78, 5) is 21.0. The number of aliphatic hydroxyl groups excluding tert-OH is 2. The highest BCUT2D eigenvalue weighted by Crippen LogP contribution is 2.14. The van der Waals surface area contributed by atoms with E-state index in [0.717, 1.165) is 0 Å². The van der Waals surface area contributed by atoms with Gasteiger partial charge in [-0.1, -0.05) is 0 Å². The van der Waals surface area contributed by atoms with E-state index in [2.05, 4.69) is 0 Å². The summed E-state index contributed by atoms with van der Waals surface area (Å²) in [7, 11) is 0. The molecule has 0 aromatic heterocycles. The average molecular weight is 170 g/mol. The molecular formula is C6H2O6-2. The number of rotatable bonds is 0. The highest BCUT2D eigenvalue weighted by atomic mass is 16.3. The molecule has 0 spiro atoms. The Morgan fingerprint density at radius 1 is 0.833 bits per heavy atom. The van der Waals surface area contributed by atoms with E-state index in [9.17, 15) is 19.8 Å². The summed E-state index contributed by atoms with van der Waals surface area (Å²) >= 11 is 0. The molecule has 1 aliphatic carbocycles. The molecule has 1 rings (SSSR count). The summed E-state index contributed by atoms with van der Waals surface area (Å²) < 4.78 is 0. The van der Waals surface area contributed by atoms with E-state index in [1.165, 1.54) is 0 Å². The number of aliphatic hydroxyl groups is 2. The van der Waals surface area contributed by atoms with Gasteiger partial charge >= 0.3 is 0 Å². The van der Waals surface area contributed by atoms with Crippen LogP contribution in [0.15, 0.2) is 23.0 Å². The molecule has 0 aromatic rings. The first kappa shape index (κ1) is 8.12. The average Bonchev–Trinajstić information content (AvgIpc) is 2.08. The van der Waals surface area contributed by atoms with Crippen LogP contribution in [0.25, 0.3) is 0 Å². The molecule has 0 radical (unpaired) electrons. The molecule has 0 saturated carbocycles. The summed E-state index contributed by atoms with van der Waals surface area (Å²) in [6.45, 7) is 0. The van der Waals surface area contributed by atoms with Crippen LogP contribution in [0.3, 0.4) is 0 Å². The van der Waals surface area contributed by atoms with Crippen LogP contribution in [0.4, 0.5) is 0 Å². The zero-order valence-corrected chi connectivity index (χ0v) is 5.53. The zero-order chi connectivity index (χ0) is 9.46. The largest absolute Gasteiger partial charge is 0.867 e. The maximum absolute atomic E-state index is 10.5. The lowest BCUT2D eigenvalue weighted by atomic mass is 10.1. The van der Waals surface area contributed by atoms with Gasteiger partial charge in [-0.3, -0.25) is 9.59 Å². The number of Topliss-reactive ketones (excluding diaryl/α,β-unsaturated/α-hetero) is 2. The number of carbonyl (C=O) groups excluding carboxylic acids is 2. The van der Waals surface area contributed by atoms with Gasteiger partial charge < -0.3 is 20.4 Å². The van der Waals surface area contributed by atoms with Gasteiger partial charge in [0.2, 0.25) is 0 Å². The van der Waals surface area contributed by atoms with E-state index in [4.69, 9.17) is 10.2 Å². The summed E-state index contributed by atoms with van der Waals surface area (Å²) in [5, 5.41) is 38.1. The minimum Gasteiger partial charge on any atom is -0.867 e. The Morgan fingerprint density at radius 2 is 1.17 bits per heavy atom. The second-order valence-electron chi connectivity index (χ2n) is 2.01. The van der Waals surface area contributed by atoms with Crippen molar-refractivity contribution in [3.8, 4) is 0 Å². The van der Waals surface area contributed by atoms with Crippen molar-refractivity contribution in [3.63, 3.8) is 0 Å². The Kier molecular flexibility index (Phi) is 1.53. The number of carbonyl (C=O) groups is 2. The standard InChI is InChI=1S/C6H4O6/c7-1-2(8)4(10)6(12)5(11)3(1)9/h7-8,11-12H/p-2. The predicted molar refractivity (Wildman–Crippen MR) is 29.3 cm³/mol. The van der Waals surface area contributed by atoms with Crippen molar-refractivity contribution >= 4 is 11.6 Å². The van der Waals surface area contributed by atoms with Crippen LogP contribution in [0.5, 0.6) is 0 Å². The lowest BCUT2D eigenvalue weighted by Crippen LogP contribution is -2.34. The second kappa shape index (κ2) is 2.26. The molecule has 0 fully saturated rings. The first-order valence-electron chi connectivity index (χ1n) is 2.76. The van der Waals surface area contributed by atoms with E-state index in [1.54, 1.807) is 0 Å². The summed E-state index contributed by atoms with van der Waals surface area (Å²) in [6, 6.07) is 0. The maximum atomic E-state index is 10.5. The minimum absolute atomic E-state index is 1.42. The van der Waals surface area contributed by atoms with Crippen molar-refractivity contribution in [1.82, 2.24) is 0 Å². The van der Waals surface area contributed by atoms with E-state index in [1.807, 2.05) is 0 Å². The quantitative estimate of drug-likeness (QED) is 0.384. The summed E-state index contributed by atoms with van der Waals surface area (Å²) in [6.07, 6.45) is 0. The summed E-state index contributed by atoms with van der Waals surface area (Å²) in [5.41, 5.74) is 0. The normalized spacial score (nSPS) is 19.0. The van der Waals surface area contributed by atoms with Gasteiger partial charge in [0, 0.05) is 0 Å². The van der Waals surface area contributed by atoms with Crippen molar-refractivity contribution in [2.75, 3.05) is 0 Å². The topological polar surface area (TPSA) is 121 Å². The lowest BCUT2D eigenvalue weighted by Gasteiger charge is -2.23. The highest BCUT2D eigenvalue weighted by molar-refractivity contribution is 6.20. The second-order valence-corrected chi connectivity index (χ2v) is 2.01. The molecule has 0 atom stereocenters. The Morgan fingerprint density at radius 3 is 1.50 bits per heavy atom. The van der Waals surface area contributed by atoms with Crippen LogP contribution in [0, 0.1) is 0 Å². The minimum atomic E-state index is -1.61. The molecule has 0 amide bonds. The fraction of sp³-hybridized carbons (Fsp3) is 0. The molecule has 64 valence electrons. The molecule has 0 bridgehead atoms. The van der Waals surface area contributed by atoms with E-state index in [-0.39, 0.29) is 0 Å². The highest BCUT2D eigenvalue weighted by Gasteiger charge is 2.24. The van der Waals surface area contributed by atoms with Crippen LogP contribution in [0.2, 0.25) is 0 Å². The third kappa shape index (κ3) is 0.815. The first-order chi connectivity index (χ1) is 5.46. The van der Waals surface area contributed by atoms with Crippen molar-refractivity contribution in [2.45, 2.75) is 0 Å². The Labute approximate surface area is 65.7 Å². The van der Waals surface area contributed by atoms with Crippen LogP contribution < -0.4 is 10.2 Å². The molecule has 0 unspecified atom stereocenters. The molecule has 2 N–H and O–H groups in total. The van der Waals surface area contributed by atoms with Gasteiger partial charge in [-0.2, -0.15) is 0 Å². The van der Waals surface area contributed by atoms with Crippen molar-refractivity contribution in [3.05, 3.63) is 23.0 Å². The van der Waals surface area contributed by atoms with Gasteiger partial charge in [0.15, 0.2) is 17.3 Å². The third-order valence-electron chi connectivity index (χ3n) is 1.27. The van der Waals surface area contributed by atoms with Gasteiger partial charge in [0.1, 0.15) is 0 Å². The monoisotopic (exact) mass is 170 g/mol. The van der Waals surface area contributed by atoms with Crippen LogP contribution in [0.1, 0.15) is 0 Å².